The number of carbonyl (C=O) groups is 3. The second-order valence-corrected chi connectivity index (χ2v) is 5.80. The monoisotopic (exact) mass is 295 g/mol. The van der Waals surface area contributed by atoms with Gasteiger partial charge in [0.05, 0.1) is 12.5 Å². The van der Waals surface area contributed by atoms with Crippen LogP contribution in [-0.2, 0) is 19.1 Å². The smallest absolute Gasteiger partial charge is 0.417 e. The molecule has 116 valence electrons. The molecule has 21 heavy (non-hydrogen) atoms. The van der Waals surface area contributed by atoms with Crippen molar-refractivity contribution in [2.45, 2.75) is 52.2 Å². The van der Waals surface area contributed by atoms with Crippen molar-refractivity contribution >= 4 is 18.0 Å². The number of imide groups is 1. The Bertz CT molecular complexity index is 471. The third-order valence-corrected chi connectivity index (χ3v) is 2.92. The molecular weight excluding hydrogens is 274 g/mol. The number of likely N-dealkylation sites (tertiary alicyclic amines) is 1. The summed E-state index contributed by atoms with van der Waals surface area (Å²) in [4.78, 5) is 37.2. The summed E-state index contributed by atoms with van der Waals surface area (Å²) in [5.74, 6) is 0.729. The van der Waals surface area contributed by atoms with E-state index < -0.39 is 35.5 Å². The van der Waals surface area contributed by atoms with Crippen LogP contribution in [0, 0.1) is 18.3 Å². The molecule has 0 aliphatic carbocycles. The number of ether oxygens (including phenoxy) is 2. The summed E-state index contributed by atoms with van der Waals surface area (Å²) < 4.78 is 10.1. The zero-order chi connectivity index (χ0) is 16.2. The van der Waals surface area contributed by atoms with Gasteiger partial charge in [0.15, 0.2) is 0 Å². The van der Waals surface area contributed by atoms with Gasteiger partial charge in [0.1, 0.15) is 11.6 Å². The Hall–Kier alpha value is -2.03. The third kappa shape index (κ3) is 4.22. The van der Waals surface area contributed by atoms with Crippen LogP contribution in [0.15, 0.2) is 0 Å². The van der Waals surface area contributed by atoms with Gasteiger partial charge in [0.2, 0.25) is 5.91 Å². The van der Waals surface area contributed by atoms with E-state index in [2.05, 4.69) is 5.92 Å². The Kier molecular flexibility index (Phi) is 5.36. The van der Waals surface area contributed by atoms with Crippen LogP contribution < -0.4 is 0 Å². The molecule has 0 saturated carbocycles. The van der Waals surface area contributed by atoms with Gasteiger partial charge in [0, 0.05) is 6.42 Å². The van der Waals surface area contributed by atoms with Gasteiger partial charge in [-0.1, -0.05) is 0 Å². The van der Waals surface area contributed by atoms with Crippen molar-refractivity contribution in [2.75, 3.05) is 6.61 Å². The lowest BCUT2D eigenvalue weighted by atomic mass is 10.0. The van der Waals surface area contributed by atoms with E-state index in [0.29, 0.717) is 0 Å². The summed E-state index contributed by atoms with van der Waals surface area (Å²) in [6.07, 6.45) is 4.72. The fourth-order valence-electron chi connectivity index (χ4n) is 2.11. The molecule has 1 heterocycles. The number of esters is 1. The zero-order valence-corrected chi connectivity index (χ0v) is 12.8. The van der Waals surface area contributed by atoms with Crippen molar-refractivity contribution in [3.05, 3.63) is 0 Å². The van der Waals surface area contributed by atoms with Crippen LogP contribution in [0.1, 0.15) is 40.5 Å². The van der Waals surface area contributed by atoms with Crippen molar-refractivity contribution in [2.24, 2.45) is 5.92 Å². The first-order valence-electron chi connectivity index (χ1n) is 6.87. The number of amides is 2. The molecular formula is C15H21NO5. The van der Waals surface area contributed by atoms with Crippen molar-refractivity contribution in [1.82, 2.24) is 4.90 Å². The predicted molar refractivity (Wildman–Crippen MR) is 75.1 cm³/mol. The highest BCUT2D eigenvalue weighted by Crippen LogP contribution is 2.29. The molecule has 0 aromatic rings. The summed E-state index contributed by atoms with van der Waals surface area (Å²) in [5, 5.41) is 0. The molecule has 0 bridgehead atoms. The zero-order valence-electron chi connectivity index (χ0n) is 12.8. The molecule has 0 aromatic carbocycles. The number of terminal acetylenes is 1. The molecule has 1 rings (SSSR count). The minimum Gasteiger partial charge on any atom is -0.464 e. The Morgan fingerprint density at radius 2 is 2.05 bits per heavy atom. The molecule has 0 unspecified atom stereocenters. The fraction of sp³-hybridized carbons (Fsp3) is 0.667. The topological polar surface area (TPSA) is 72.9 Å². The fourth-order valence-corrected chi connectivity index (χ4v) is 2.11. The highest BCUT2D eigenvalue weighted by molar-refractivity contribution is 6.00. The number of hydrogen-bond acceptors (Lipinski definition) is 5. The van der Waals surface area contributed by atoms with Gasteiger partial charge in [-0.3, -0.25) is 4.79 Å². The second kappa shape index (κ2) is 6.61. The molecule has 1 aliphatic rings. The lowest BCUT2D eigenvalue weighted by molar-refractivity contribution is -0.151. The summed E-state index contributed by atoms with van der Waals surface area (Å²) in [6.45, 7) is 6.88. The molecule has 1 fully saturated rings. The maximum atomic E-state index is 12.3. The highest BCUT2D eigenvalue weighted by atomic mass is 16.6. The lowest BCUT2D eigenvalue weighted by Crippen LogP contribution is -2.46. The van der Waals surface area contributed by atoms with Crippen LogP contribution in [0.25, 0.3) is 0 Å². The van der Waals surface area contributed by atoms with Gasteiger partial charge in [0.25, 0.3) is 0 Å². The van der Waals surface area contributed by atoms with Crippen molar-refractivity contribution in [3.63, 3.8) is 0 Å². The molecule has 0 aromatic heterocycles. The van der Waals surface area contributed by atoms with Crippen molar-refractivity contribution in [1.29, 1.82) is 0 Å². The molecule has 2 amide bonds. The van der Waals surface area contributed by atoms with Gasteiger partial charge in [-0.25, -0.2) is 14.5 Å². The van der Waals surface area contributed by atoms with Gasteiger partial charge < -0.3 is 9.47 Å². The summed E-state index contributed by atoms with van der Waals surface area (Å²) in [5.41, 5.74) is -0.763. The van der Waals surface area contributed by atoms with E-state index in [0.717, 1.165) is 4.90 Å². The molecule has 6 nitrogen and oxygen atoms in total. The van der Waals surface area contributed by atoms with E-state index in [1.54, 1.807) is 27.7 Å². The van der Waals surface area contributed by atoms with E-state index in [9.17, 15) is 14.4 Å². The van der Waals surface area contributed by atoms with Gasteiger partial charge in [-0.05, 0) is 34.1 Å². The van der Waals surface area contributed by atoms with Crippen LogP contribution in [0.5, 0.6) is 0 Å². The van der Waals surface area contributed by atoms with Gasteiger partial charge >= 0.3 is 12.1 Å². The highest BCUT2D eigenvalue weighted by Gasteiger charge is 2.48. The Labute approximate surface area is 124 Å². The minimum atomic E-state index is -0.967. The van der Waals surface area contributed by atoms with Crippen molar-refractivity contribution in [3.8, 4) is 12.3 Å². The Balaban J connectivity index is 2.98. The summed E-state index contributed by atoms with van der Waals surface area (Å²) in [7, 11) is 0. The first-order chi connectivity index (χ1) is 9.71. The number of nitrogens with zero attached hydrogens (tertiary/aromatic N) is 1. The number of hydrogen-bond donors (Lipinski definition) is 0. The lowest BCUT2D eigenvalue weighted by Gasteiger charge is -2.26. The van der Waals surface area contributed by atoms with Crippen LogP contribution in [0.2, 0.25) is 0 Å². The molecule has 2 atom stereocenters. The maximum absolute atomic E-state index is 12.3. The molecule has 1 aliphatic heterocycles. The molecule has 0 radical (unpaired) electrons. The number of rotatable bonds is 3. The Morgan fingerprint density at radius 1 is 1.43 bits per heavy atom. The normalized spacial score (nSPS) is 21.9. The van der Waals surface area contributed by atoms with Gasteiger partial charge in [-0.2, -0.15) is 0 Å². The largest absolute Gasteiger partial charge is 0.464 e. The van der Waals surface area contributed by atoms with E-state index in [4.69, 9.17) is 15.9 Å². The maximum Gasteiger partial charge on any atom is 0.417 e. The van der Waals surface area contributed by atoms with Gasteiger partial charge in [-0.15, -0.1) is 12.3 Å². The standard InChI is InChI=1S/C15H21NO5/c1-6-8-10-9-11(13(18)20-7-2)16(12(10)17)14(19)21-15(3,4)5/h1,10-11H,7-9H2,2-5H3/t10-,11+/m0/s1. The van der Waals surface area contributed by atoms with E-state index in [1.807, 2.05) is 0 Å². The van der Waals surface area contributed by atoms with E-state index >= 15 is 0 Å². The van der Waals surface area contributed by atoms with Crippen LogP contribution in [0.4, 0.5) is 4.79 Å². The second-order valence-electron chi connectivity index (χ2n) is 5.80. The summed E-state index contributed by atoms with van der Waals surface area (Å²) in [6, 6.07) is -0.967. The van der Waals surface area contributed by atoms with Crippen LogP contribution in [-0.4, -0.2) is 41.1 Å². The molecule has 1 saturated heterocycles. The average Bonchev–Trinajstić information content (AvgIpc) is 2.66. The van der Waals surface area contributed by atoms with Crippen molar-refractivity contribution < 1.29 is 23.9 Å². The minimum absolute atomic E-state index is 0.168. The Morgan fingerprint density at radius 3 is 2.52 bits per heavy atom. The molecule has 0 spiro atoms. The summed E-state index contributed by atoms with van der Waals surface area (Å²) >= 11 is 0. The first-order valence-corrected chi connectivity index (χ1v) is 6.87. The van der Waals surface area contributed by atoms with Crippen LogP contribution in [0.3, 0.4) is 0 Å². The number of carbonyl (C=O) groups excluding carboxylic acids is 3. The molecule has 6 heteroatoms. The first kappa shape index (κ1) is 17.0. The average molecular weight is 295 g/mol. The van der Waals surface area contributed by atoms with E-state index in [-0.39, 0.29) is 19.4 Å². The SMILES string of the molecule is C#CC[C@H]1C[C@H](C(=O)OCC)N(C(=O)OC(C)(C)C)C1=O. The van der Waals surface area contributed by atoms with Crippen LogP contribution >= 0.6 is 0 Å². The third-order valence-electron chi connectivity index (χ3n) is 2.92. The molecule has 0 N–H and O–H groups in total. The van der Waals surface area contributed by atoms with E-state index in [1.165, 1.54) is 0 Å². The predicted octanol–water partition coefficient (Wildman–Crippen LogP) is 1.73. The quantitative estimate of drug-likeness (QED) is 0.585.